The number of nitrogens with zero attached hydrogens (tertiary/aromatic N) is 1. The third kappa shape index (κ3) is 4.22. The Morgan fingerprint density at radius 3 is 2.16 bits per heavy atom. The average molecular weight is 425 g/mol. The molecule has 1 N–H and O–H groups in total. The molecule has 1 aliphatic rings. The maximum atomic E-state index is 13.5. The van der Waals surface area contributed by atoms with Gasteiger partial charge in [-0.15, -0.1) is 0 Å². The number of anilines is 1. The standard InChI is InChI=1S/C28H28N2O2/c1-18(2)22-11-13-23(14-12-22)29-26-25(24-15-10-19(3)16-20(24)4)27(31)30(28(26)32)17-21-8-6-5-7-9-21/h5-16,18,29H,17H2,1-4H3. The summed E-state index contributed by atoms with van der Waals surface area (Å²) in [6.45, 7) is 8.52. The first kappa shape index (κ1) is 21.6. The monoisotopic (exact) mass is 424 g/mol. The third-order valence-corrected chi connectivity index (χ3v) is 5.85. The number of nitrogens with one attached hydrogen (secondary N) is 1. The molecule has 162 valence electrons. The number of carbonyl (C=O) groups excluding carboxylic acids is 2. The van der Waals surface area contributed by atoms with Crippen molar-refractivity contribution in [2.24, 2.45) is 0 Å². The highest BCUT2D eigenvalue weighted by molar-refractivity contribution is 6.36. The minimum atomic E-state index is -0.304. The number of imide groups is 1. The van der Waals surface area contributed by atoms with Crippen LogP contribution in [-0.4, -0.2) is 16.7 Å². The summed E-state index contributed by atoms with van der Waals surface area (Å²) in [5.74, 6) is -0.154. The molecule has 2 amide bonds. The quantitative estimate of drug-likeness (QED) is 0.507. The van der Waals surface area contributed by atoms with Gasteiger partial charge < -0.3 is 5.32 Å². The van der Waals surface area contributed by atoms with E-state index in [1.54, 1.807) is 0 Å². The van der Waals surface area contributed by atoms with Crippen LogP contribution >= 0.6 is 0 Å². The van der Waals surface area contributed by atoms with Gasteiger partial charge in [0.1, 0.15) is 5.70 Å². The summed E-state index contributed by atoms with van der Waals surface area (Å²) in [4.78, 5) is 28.3. The summed E-state index contributed by atoms with van der Waals surface area (Å²) in [5, 5.41) is 3.26. The van der Waals surface area contributed by atoms with E-state index in [-0.39, 0.29) is 18.4 Å². The predicted molar refractivity (Wildman–Crippen MR) is 129 cm³/mol. The van der Waals surface area contributed by atoms with Crippen LogP contribution < -0.4 is 5.32 Å². The maximum absolute atomic E-state index is 13.5. The van der Waals surface area contributed by atoms with E-state index >= 15 is 0 Å². The van der Waals surface area contributed by atoms with Crippen molar-refractivity contribution in [3.8, 4) is 0 Å². The Morgan fingerprint density at radius 1 is 0.844 bits per heavy atom. The van der Waals surface area contributed by atoms with Crippen LogP contribution in [-0.2, 0) is 16.1 Å². The highest BCUT2D eigenvalue weighted by atomic mass is 16.2. The van der Waals surface area contributed by atoms with Gasteiger partial charge in [-0.3, -0.25) is 14.5 Å². The predicted octanol–water partition coefficient (Wildman–Crippen LogP) is 5.82. The van der Waals surface area contributed by atoms with Crippen LogP contribution in [0.5, 0.6) is 0 Å². The molecule has 0 aliphatic carbocycles. The minimum Gasteiger partial charge on any atom is -0.350 e. The van der Waals surface area contributed by atoms with Crippen LogP contribution in [0.2, 0.25) is 0 Å². The van der Waals surface area contributed by atoms with Gasteiger partial charge in [0.2, 0.25) is 0 Å². The highest BCUT2D eigenvalue weighted by Gasteiger charge is 2.39. The van der Waals surface area contributed by atoms with Gasteiger partial charge in [-0.05, 0) is 54.2 Å². The van der Waals surface area contributed by atoms with Gasteiger partial charge >= 0.3 is 0 Å². The number of hydrogen-bond donors (Lipinski definition) is 1. The largest absolute Gasteiger partial charge is 0.350 e. The van der Waals surface area contributed by atoms with E-state index in [1.807, 2.05) is 86.6 Å². The topological polar surface area (TPSA) is 49.4 Å². The molecule has 0 saturated carbocycles. The van der Waals surface area contributed by atoms with Gasteiger partial charge in [0.25, 0.3) is 11.8 Å². The van der Waals surface area contributed by atoms with Gasteiger partial charge in [-0.1, -0.05) is 80.1 Å². The number of benzene rings is 3. The molecule has 0 bridgehead atoms. The van der Waals surface area contributed by atoms with E-state index in [1.165, 1.54) is 10.5 Å². The summed E-state index contributed by atoms with van der Waals surface area (Å²) in [5.41, 5.74) is 6.54. The fourth-order valence-corrected chi connectivity index (χ4v) is 4.04. The molecule has 0 atom stereocenters. The second-order valence-corrected chi connectivity index (χ2v) is 8.65. The average Bonchev–Trinajstić information content (AvgIpc) is 2.99. The van der Waals surface area contributed by atoms with E-state index in [9.17, 15) is 9.59 Å². The Labute approximate surface area is 189 Å². The van der Waals surface area contributed by atoms with Crippen molar-refractivity contribution >= 4 is 23.1 Å². The second kappa shape index (κ2) is 8.83. The van der Waals surface area contributed by atoms with Crippen molar-refractivity contribution in [2.75, 3.05) is 5.32 Å². The molecule has 3 aromatic rings. The molecule has 0 aromatic heterocycles. The molecule has 3 aromatic carbocycles. The minimum absolute atomic E-state index is 0.240. The molecule has 0 unspecified atom stereocenters. The second-order valence-electron chi connectivity index (χ2n) is 8.65. The number of rotatable bonds is 6. The van der Waals surface area contributed by atoms with Crippen LogP contribution in [0, 0.1) is 13.8 Å². The number of aryl methyl sites for hydroxylation is 2. The van der Waals surface area contributed by atoms with Crippen LogP contribution in [0.3, 0.4) is 0 Å². The van der Waals surface area contributed by atoms with E-state index in [2.05, 4.69) is 19.2 Å². The third-order valence-electron chi connectivity index (χ3n) is 5.85. The molecule has 0 radical (unpaired) electrons. The zero-order valence-corrected chi connectivity index (χ0v) is 19.0. The molecule has 32 heavy (non-hydrogen) atoms. The molecule has 0 fully saturated rings. The first-order chi connectivity index (χ1) is 15.3. The lowest BCUT2D eigenvalue weighted by atomic mass is 9.97. The van der Waals surface area contributed by atoms with Crippen molar-refractivity contribution < 1.29 is 9.59 Å². The van der Waals surface area contributed by atoms with Gasteiger partial charge in [0.05, 0.1) is 12.1 Å². The van der Waals surface area contributed by atoms with E-state index in [0.29, 0.717) is 17.2 Å². The Hall–Kier alpha value is -3.66. The van der Waals surface area contributed by atoms with Crippen molar-refractivity contribution in [1.82, 2.24) is 4.90 Å². The first-order valence-corrected chi connectivity index (χ1v) is 10.9. The fourth-order valence-electron chi connectivity index (χ4n) is 4.04. The summed E-state index contributed by atoms with van der Waals surface area (Å²) in [7, 11) is 0. The summed E-state index contributed by atoms with van der Waals surface area (Å²) in [6.07, 6.45) is 0. The van der Waals surface area contributed by atoms with Crippen molar-refractivity contribution in [2.45, 2.75) is 40.2 Å². The zero-order valence-electron chi connectivity index (χ0n) is 19.0. The zero-order chi connectivity index (χ0) is 22.8. The lowest BCUT2D eigenvalue weighted by Gasteiger charge is -2.15. The van der Waals surface area contributed by atoms with Gasteiger partial charge in [0.15, 0.2) is 0 Å². The molecule has 0 saturated heterocycles. The molecular formula is C28H28N2O2. The molecule has 4 nitrogen and oxygen atoms in total. The van der Waals surface area contributed by atoms with Gasteiger partial charge in [-0.25, -0.2) is 0 Å². The van der Waals surface area contributed by atoms with Crippen molar-refractivity contribution in [3.63, 3.8) is 0 Å². The Balaban J connectivity index is 1.75. The van der Waals surface area contributed by atoms with E-state index in [4.69, 9.17) is 0 Å². The van der Waals surface area contributed by atoms with Crippen molar-refractivity contribution in [3.05, 3.63) is 106 Å². The number of amides is 2. The van der Waals surface area contributed by atoms with Crippen LogP contribution in [0.4, 0.5) is 5.69 Å². The Bertz CT molecular complexity index is 1190. The number of carbonyl (C=O) groups is 2. The summed E-state index contributed by atoms with van der Waals surface area (Å²) < 4.78 is 0. The summed E-state index contributed by atoms with van der Waals surface area (Å²) >= 11 is 0. The van der Waals surface area contributed by atoms with Gasteiger partial charge in [-0.2, -0.15) is 0 Å². The molecular weight excluding hydrogens is 396 g/mol. The Morgan fingerprint density at radius 2 is 1.53 bits per heavy atom. The van der Waals surface area contributed by atoms with Crippen LogP contribution in [0.15, 0.2) is 78.5 Å². The maximum Gasteiger partial charge on any atom is 0.278 e. The molecule has 1 aliphatic heterocycles. The van der Waals surface area contributed by atoms with Crippen LogP contribution in [0.25, 0.3) is 5.57 Å². The normalized spacial score (nSPS) is 14.0. The number of hydrogen-bond acceptors (Lipinski definition) is 3. The molecule has 4 rings (SSSR count). The molecule has 0 spiro atoms. The SMILES string of the molecule is Cc1ccc(C2=C(Nc3ccc(C(C)C)cc3)C(=O)N(Cc3ccccc3)C2=O)c(C)c1. The lowest BCUT2D eigenvalue weighted by molar-refractivity contribution is -0.137. The van der Waals surface area contributed by atoms with E-state index < -0.39 is 0 Å². The van der Waals surface area contributed by atoms with Crippen molar-refractivity contribution in [1.29, 1.82) is 0 Å². The first-order valence-electron chi connectivity index (χ1n) is 10.9. The lowest BCUT2D eigenvalue weighted by Crippen LogP contribution is -2.32. The van der Waals surface area contributed by atoms with E-state index in [0.717, 1.165) is 27.9 Å². The Kier molecular flexibility index (Phi) is 5.95. The van der Waals surface area contributed by atoms with Crippen LogP contribution in [0.1, 0.15) is 47.6 Å². The molecule has 4 heteroatoms. The fraction of sp³-hybridized carbons (Fsp3) is 0.214. The molecule has 1 heterocycles. The highest BCUT2D eigenvalue weighted by Crippen LogP contribution is 2.33. The summed E-state index contributed by atoms with van der Waals surface area (Å²) in [6, 6.07) is 23.5. The smallest absolute Gasteiger partial charge is 0.278 e. The van der Waals surface area contributed by atoms with Gasteiger partial charge in [0, 0.05) is 5.69 Å².